The first-order chi connectivity index (χ1) is 17.1. The quantitative estimate of drug-likeness (QED) is 0.192. The summed E-state index contributed by atoms with van der Waals surface area (Å²) >= 11 is 5.80. The Labute approximate surface area is 254 Å². The largest absolute Gasteiger partial charge is 0.462 e. The summed E-state index contributed by atoms with van der Waals surface area (Å²) < 4.78 is 21.4. The van der Waals surface area contributed by atoms with E-state index in [9.17, 15) is 28.8 Å². The van der Waals surface area contributed by atoms with Gasteiger partial charge in [-0.2, -0.15) is 0 Å². The van der Waals surface area contributed by atoms with E-state index in [1.807, 2.05) is 67.8 Å². The van der Waals surface area contributed by atoms with Gasteiger partial charge in [0.05, 0.1) is 21.4 Å². The maximum atomic E-state index is 13.3. The van der Waals surface area contributed by atoms with Crippen molar-refractivity contribution in [1.29, 1.82) is 0 Å². The zero-order valence-electron chi connectivity index (χ0n) is 20.5. The van der Waals surface area contributed by atoms with E-state index >= 15 is 0 Å². The number of carbonyl (C=O) groups is 6. The van der Waals surface area contributed by atoms with E-state index in [0.717, 1.165) is 0 Å². The monoisotopic (exact) mass is 858 g/mol. The number of anilines is 1. The Bertz CT molecular complexity index is 1090. The van der Waals surface area contributed by atoms with Crippen LogP contribution in [0.1, 0.15) is 50.5 Å². The van der Waals surface area contributed by atoms with Gasteiger partial charge in [-0.1, -0.05) is 0 Å². The molecule has 2 atom stereocenters. The maximum Gasteiger partial charge on any atom is 0.303 e. The molecule has 0 aromatic heterocycles. The number of nitrogens with one attached hydrogen (secondary N) is 2. The summed E-state index contributed by atoms with van der Waals surface area (Å²) in [5.74, 6) is -3.60. The van der Waals surface area contributed by atoms with Crippen LogP contribution in [-0.4, -0.2) is 61.1 Å². The molecule has 12 nitrogen and oxygen atoms in total. The number of rotatable bonds is 11. The highest BCUT2D eigenvalue weighted by atomic mass is 127. The zero-order valence-corrected chi connectivity index (χ0v) is 27.0. The number of esters is 4. The summed E-state index contributed by atoms with van der Waals surface area (Å²) in [6, 6.07) is 0. The van der Waals surface area contributed by atoms with Crippen LogP contribution in [0.4, 0.5) is 5.69 Å². The van der Waals surface area contributed by atoms with Gasteiger partial charge in [-0.3, -0.25) is 28.8 Å². The second kappa shape index (κ2) is 15.6. The fourth-order valence-corrected chi connectivity index (χ4v) is 6.96. The van der Waals surface area contributed by atoms with E-state index in [0.29, 0.717) is 16.3 Å². The Balaban J connectivity index is 3.40. The molecule has 0 radical (unpaired) electrons. The van der Waals surface area contributed by atoms with E-state index in [1.165, 1.54) is 34.6 Å². The lowest BCUT2D eigenvalue weighted by molar-refractivity contribution is -0.155. The van der Waals surface area contributed by atoms with Gasteiger partial charge in [0.1, 0.15) is 13.2 Å². The van der Waals surface area contributed by atoms with Crippen LogP contribution in [0.3, 0.4) is 0 Å². The topological polar surface area (TPSA) is 163 Å². The van der Waals surface area contributed by atoms with Crippen LogP contribution in [0.25, 0.3) is 0 Å². The summed E-state index contributed by atoms with van der Waals surface area (Å²) in [4.78, 5) is 71.2. The minimum absolute atomic E-state index is 0.160. The number of hydrogen-bond donors (Lipinski definition) is 2. The highest BCUT2D eigenvalue weighted by Crippen LogP contribution is 2.36. The molecule has 0 saturated carbocycles. The van der Waals surface area contributed by atoms with E-state index < -0.39 is 47.9 Å². The molecule has 2 unspecified atom stereocenters. The molecule has 0 aliphatic carbocycles. The minimum Gasteiger partial charge on any atom is -0.462 e. The third-order valence-corrected chi connectivity index (χ3v) is 7.77. The summed E-state index contributed by atoms with van der Waals surface area (Å²) in [7, 11) is 0. The molecule has 1 aromatic rings. The molecule has 1 aromatic carbocycles. The second-order valence-electron chi connectivity index (χ2n) is 7.44. The fraction of sp³-hybridized carbons (Fsp3) is 0.455. The molecule has 0 saturated heterocycles. The number of hydrogen-bond acceptors (Lipinski definition) is 10. The Morgan fingerprint density at radius 3 is 1.86 bits per heavy atom. The average molecular weight is 858 g/mol. The standard InChI is InChI=1S/C22H25I3N2O10/c1-9(36-12(4)30)21(32)27-20-18(24)15(8-35-11(3)29)17(23)16(19(20)25)22(33)26-6-14(37-13(5)31)7-34-10(2)28/h9,14H,6-8H2,1-5H3,(H,26,33)(H,27,32). The molecule has 2 N–H and O–H groups in total. The van der Waals surface area contributed by atoms with Gasteiger partial charge in [-0.15, -0.1) is 0 Å². The van der Waals surface area contributed by atoms with Crippen LogP contribution in [0.5, 0.6) is 0 Å². The van der Waals surface area contributed by atoms with Gasteiger partial charge < -0.3 is 29.6 Å². The molecule has 0 bridgehead atoms. The molecule has 0 aliphatic heterocycles. The van der Waals surface area contributed by atoms with E-state index in [-0.39, 0.29) is 31.0 Å². The minimum atomic E-state index is -1.11. The molecular weight excluding hydrogens is 833 g/mol. The SMILES string of the molecule is CC(=O)OCc1c(I)c(NC(=O)C(C)OC(C)=O)c(I)c(C(=O)NCC(COC(C)=O)OC(C)=O)c1I. The van der Waals surface area contributed by atoms with Gasteiger partial charge in [0.15, 0.2) is 12.2 Å². The normalized spacial score (nSPS) is 12.0. The highest BCUT2D eigenvalue weighted by molar-refractivity contribution is 14.1. The molecule has 0 fully saturated rings. The first-order valence-electron chi connectivity index (χ1n) is 10.5. The number of ether oxygens (including phenoxy) is 4. The van der Waals surface area contributed by atoms with Crippen LogP contribution in [0.15, 0.2) is 0 Å². The molecule has 0 heterocycles. The molecule has 2 amide bonds. The van der Waals surface area contributed by atoms with Gasteiger partial charge in [-0.25, -0.2) is 0 Å². The lowest BCUT2D eigenvalue weighted by atomic mass is 10.1. The van der Waals surface area contributed by atoms with Gasteiger partial charge >= 0.3 is 23.9 Å². The molecule has 15 heteroatoms. The van der Waals surface area contributed by atoms with Crippen molar-refractivity contribution < 1.29 is 47.7 Å². The Kier molecular flexibility index (Phi) is 14.0. The predicted octanol–water partition coefficient (Wildman–Crippen LogP) is 2.68. The van der Waals surface area contributed by atoms with E-state index in [1.54, 1.807) is 0 Å². The third-order valence-electron chi connectivity index (χ3n) is 4.31. The van der Waals surface area contributed by atoms with Crippen molar-refractivity contribution in [2.45, 2.75) is 53.4 Å². The fourth-order valence-electron chi connectivity index (χ4n) is 2.73. The molecule has 1 rings (SSSR count). The van der Waals surface area contributed by atoms with Crippen molar-refractivity contribution in [1.82, 2.24) is 5.32 Å². The van der Waals surface area contributed by atoms with Gasteiger partial charge in [-0.05, 0) is 74.7 Å². The van der Waals surface area contributed by atoms with Crippen LogP contribution >= 0.6 is 67.8 Å². The summed E-state index contributed by atoms with van der Waals surface area (Å²) in [5.41, 5.74) is 0.886. The van der Waals surface area contributed by atoms with Gasteiger partial charge in [0, 0.05) is 40.4 Å². The van der Waals surface area contributed by atoms with Gasteiger partial charge in [0.25, 0.3) is 11.8 Å². The molecule has 37 heavy (non-hydrogen) atoms. The average Bonchev–Trinajstić information content (AvgIpc) is 2.77. The number of benzene rings is 1. The number of halogens is 3. The number of carbonyl (C=O) groups excluding carboxylic acids is 6. The Morgan fingerprint density at radius 2 is 1.35 bits per heavy atom. The van der Waals surface area contributed by atoms with Crippen LogP contribution in [0.2, 0.25) is 0 Å². The first kappa shape index (κ1) is 33.3. The van der Waals surface area contributed by atoms with Crippen molar-refractivity contribution in [3.8, 4) is 0 Å². The Morgan fingerprint density at radius 1 is 0.784 bits per heavy atom. The van der Waals surface area contributed by atoms with Crippen molar-refractivity contribution in [3.05, 3.63) is 21.8 Å². The predicted molar refractivity (Wildman–Crippen MR) is 154 cm³/mol. The maximum absolute atomic E-state index is 13.3. The lowest BCUT2D eigenvalue weighted by Crippen LogP contribution is -2.38. The van der Waals surface area contributed by atoms with Crippen molar-refractivity contribution in [2.24, 2.45) is 0 Å². The van der Waals surface area contributed by atoms with Crippen molar-refractivity contribution >= 4 is 109 Å². The summed E-state index contributed by atoms with van der Waals surface area (Å²) in [6.45, 7) is 5.58. The molecule has 0 spiro atoms. The smallest absolute Gasteiger partial charge is 0.303 e. The number of amides is 2. The first-order valence-corrected chi connectivity index (χ1v) is 13.8. The third kappa shape index (κ3) is 10.9. The van der Waals surface area contributed by atoms with Crippen molar-refractivity contribution in [2.75, 3.05) is 18.5 Å². The second-order valence-corrected chi connectivity index (χ2v) is 10.7. The van der Waals surface area contributed by atoms with Crippen molar-refractivity contribution in [3.63, 3.8) is 0 Å². The molecule has 204 valence electrons. The van der Waals surface area contributed by atoms with Gasteiger partial charge in [0.2, 0.25) is 0 Å². The summed E-state index contributed by atoms with van der Waals surface area (Å²) in [5, 5.41) is 5.32. The van der Waals surface area contributed by atoms with Crippen LogP contribution in [0, 0.1) is 10.7 Å². The highest BCUT2D eigenvalue weighted by Gasteiger charge is 2.28. The molecule has 0 aliphatic rings. The van der Waals surface area contributed by atoms with E-state index in [4.69, 9.17) is 18.9 Å². The molecular formula is C22H25I3N2O10. The van der Waals surface area contributed by atoms with Crippen LogP contribution in [-0.2, 0) is 49.5 Å². The van der Waals surface area contributed by atoms with Crippen LogP contribution < -0.4 is 10.6 Å². The lowest BCUT2D eigenvalue weighted by Gasteiger charge is -2.22. The summed E-state index contributed by atoms with van der Waals surface area (Å²) in [6.07, 6.45) is -2.04. The Hall–Kier alpha value is -1.77. The zero-order chi connectivity index (χ0) is 28.4. The van der Waals surface area contributed by atoms with E-state index in [2.05, 4.69) is 10.6 Å².